The quantitative estimate of drug-likeness (QED) is 0.433. The highest BCUT2D eigenvalue weighted by atomic mass is 19.4. The normalized spacial score (nSPS) is 15.1. The average molecular weight is 332 g/mol. The second-order valence-corrected chi connectivity index (χ2v) is 3.82. The fourth-order valence-electron chi connectivity index (χ4n) is 1.05. The summed E-state index contributed by atoms with van der Waals surface area (Å²) in [7, 11) is 0. The van der Waals surface area contributed by atoms with Crippen LogP contribution in [0.4, 0.5) is 39.5 Å². The van der Waals surface area contributed by atoms with Gasteiger partial charge in [0.1, 0.15) is 0 Å². The topological polar surface area (TPSA) is 26.3 Å². The first-order chi connectivity index (χ1) is 9.12. The van der Waals surface area contributed by atoms with Crippen LogP contribution in [0.2, 0.25) is 0 Å². The molecule has 21 heavy (non-hydrogen) atoms. The number of alkyl halides is 9. The molecule has 0 N–H and O–H groups in total. The maximum absolute atomic E-state index is 13.1. The van der Waals surface area contributed by atoms with Crippen LogP contribution in [0.1, 0.15) is 13.8 Å². The van der Waals surface area contributed by atoms with E-state index in [1.807, 2.05) is 0 Å². The number of hydrogen-bond donors (Lipinski definition) is 0. The zero-order valence-electron chi connectivity index (χ0n) is 10.5. The number of rotatable bonds is 5. The van der Waals surface area contributed by atoms with Gasteiger partial charge >= 0.3 is 29.9 Å². The number of hydrogen-bond acceptors (Lipinski definition) is 2. The van der Waals surface area contributed by atoms with Gasteiger partial charge in [-0.3, -0.25) is 0 Å². The lowest BCUT2D eigenvalue weighted by atomic mass is 10.0. The standard InChI is InChI=1S/C10H9F9O2/c1-3-21-6(20)5(2)4-7(11,12)8(13,14)9(15,16)10(17,18)19/h4H,3H2,1-2H3. The molecule has 0 fully saturated rings. The third-order valence-electron chi connectivity index (χ3n) is 2.16. The van der Waals surface area contributed by atoms with Crippen molar-refractivity contribution in [1.82, 2.24) is 0 Å². The summed E-state index contributed by atoms with van der Waals surface area (Å²) in [6.45, 7) is 1.40. The number of carbonyl (C=O) groups is 1. The molecule has 0 amide bonds. The largest absolute Gasteiger partial charge is 0.463 e. The Morgan fingerprint density at radius 1 is 0.952 bits per heavy atom. The van der Waals surface area contributed by atoms with Crippen molar-refractivity contribution in [2.45, 2.75) is 37.8 Å². The maximum Gasteiger partial charge on any atom is 0.460 e. The van der Waals surface area contributed by atoms with Gasteiger partial charge in [0.25, 0.3) is 0 Å². The van der Waals surface area contributed by atoms with E-state index in [2.05, 4.69) is 4.74 Å². The molecular formula is C10H9F9O2. The minimum atomic E-state index is -6.99. The van der Waals surface area contributed by atoms with Gasteiger partial charge in [-0.1, -0.05) is 0 Å². The van der Waals surface area contributed by atoms with Gasteiger partial charge < -0.3 is 4.74 Å². The monoisotopic (exact) mass is 332 g/mol. The van der Waals surface area contributed by atoms with Gasteiger partial charge in [0, 0.05) is 11.6 Å². The summed E-state index contributed by atoms with van der Waals surface area (Å²) in [5.41, 5.74) is -1.24. The summed E-state index contributed by atoms with van der Waals surface area (Å²) in [5, 5.41) is 0. The lowest BCUT2D eigenvalue weighted by molar-refractivity contribution is -0.388. The summed E-state index contributed by atoms with van der Waals surface area (Å²) in [4.78, 5) is 10.9. The van der Waals surface area contributed by atoms with Crippen molar-refractivity contribution in [2.75, 3.05) is 6.61 Å². The molecule has 0 rings (SSSR count). The highest BCUT2D eigenvalue weighted by molar-refractivity contribution is 5.87. The van der Waals surface area contributed by atoms with Crippen molar-refractivity contribution in [3.8, 4) is 0 Å². The van der Waals surface area contributed by atoms with E-state index in [1.165, 1.54) is 6.92 Å². The first kappa shape index (κ1) is 19.6. The van der Waals surface area contributed by atoms with Crippen molar-refractivity contribution >= 4 is 5.97 Å². The van der Waals surface area contributed by atoms with Gasteiger partial charge in [-0.2, -0.15) is 39.5 Å². The predicted molar refractivity (Wildman–Crippen MR) is 51.3 cm³/mol. The Morgan fingerprint density at radius 2 is 1.38 bits per heavy atom. The third-order valence-corrected chi connectivity index (χ3v) is 2.16. The van der Waals surface area contributed by atoms with E-state index in [9.17, 15) is 44.3 Å². The van der Waals surface area contributed by atoms with E-state index in [1.54, 1.807) is 0 Å². The van der Waals surface area contributed by atoms with Crippen LogP contribution in [-0.2, 0) is 9.53 Å². The van der Waals surface area contributed by atoms with Crippen LogP contribution in [0, 0.1) is 0 Å². The molecule has 0 saturated carbocycles. The van der Waals surface area contributed by atoms with Gasteiger partial charge in [0.15, 0.2) is 0 Å². The summed E-state index contributed by atoms with van der Waals surface area (Å²) < 4.78 is 116. The first-order valence-corrected chi connectivity index (χ1v) is 5.18. The van der Waals surface area contributed by atoms with Crippen LogP contribution in [-0.4, -0.2) is 36.5 Å². The van der Waals surface area contributed by atoms with Crippen LogP contribution < -0.4 is 0 Å². The lowest BCUT2D eigenvalue weighted by Gasteiger charge is -2.32. The fourth-order valence-corrected chi connectivity index (χ4v) is 1.05. The van der Waals surface area contributed by atoms with Crippen LogP contribution in [0.3, 0.4) is 0 Å². The highest BCUT2D eigenvalue weighted by Crippen LogP contribution is 2.53. The number of ether oxygens (including phenoxy) is 1. The van der Waals surface area contributed by atoms with Gasteiger partial charge in [-0.15, -0.1) is 0 Å². The summed E-state index contributed by atoms with van der Waals surface area (Å²) >= 11 is 0. The maximum atomic E-state index is 13.1. The van der Waals surface area contributed by atoms with E-state index in [-0.39, 0.29) is 6.61 Å². The number of allylic oxidation sites excluding steroid dienone is 1. The van der Waals surface area contributed by atoms with Crippen LogP contribution in [0.25, 0.3) is 0 Å². The average Bonchev–Trinajstić information content (AvgIpc) is 2.26. The Morgan fingerprint density at radius 3 is 1.71 bits per heavy atom. The summed E-state index contributed by atoms with van der Waals surface area (Å²) in [6, 6.07) is 0. The fraction of sp³-hybridized carbons (Fsp3) is 0.700. The first-order valence-electron chi connectivity index (χ1n) is 5.18. The minimum absolute atomic E-state index is 0.343. The second kappa shape index (κ2) is 5.76. The van der Waals surface area contributed by atoms with E-state index < -0.39 is 41.6 Å². The van der Waals surface area contributed by atoms with Crippen molar-refractivity contribution in [1.29, 1.82) is 0 Å². The van der Waals surface area contributed by atoms with Crippen molar-refractivity contribution < 1.29 is 49.0 Å². The van der Waals surface area contributed by atoms with E-state index >= 15 is 0 Å². The van der Waals surface area contributed by atoms with E-state index in [4.69, 9.17) is 0 Å². The molecule has 0 aromatic carbocycles. The second-order valence-electron chi connectivity index (χ2n) is 3.82. The summed E-state index contributed by atoms with van der Waals surface area (Å²) in [5.74, 6) is -21.3. The number of esters is 1. The van der Waals surface area contributed by atoms with E-state index in [0.29, 0.717) is 6.92 Å². The van der Waals surface area contributed by atoms with Gasteiger partial charge in [0.05, 0.1) is 6.61 Å². The molecule has 0 saturated heterocycles. The molecule has 0 aliphatic heterocycles. The van der Waals surface area contributed by atoms with Crippen molar-refractivity contribution in [2.24, 2.45) is 0 Å². The van der Waals surface area contributed by atoms with Crippen molar-refractivity contribution in [3.05, 3.63) is 11.6 Å². The molecule has 0 aliphatic rings. The molecule has 0 bridgehead atoms. The molecule has 0 unspecified atom stereocenters. The van der Waals surface area contributed by atoms with Crippen LogP contribution >= 0.6 is 0 Å². The number of halogens is 9. The molecule has 0 heterocycles. The summed E-state index contributed by atoms with van der Waals surface area (Å²) in [6.07, 6.45) is -7.88. The molecule has 124 valence electrons. The molecule has 0 radical (unpaired) electrons. The minimum Gasteiger partial charge on any atom is -0.463 e. The zero-order chi connectivity index (χ0) is 17.3. The molecular weight excluding hydrogens is 323 g/mol. The van der Waals surface area contributed by atoms with Gasteiger partial charge in [-0.05, 0) is 13.8 Å². The van der Waals surface area contributed by atoms with Crippen LogP contribution in [0.5, 0.6) is 0 Å². The lowest BCUT2D eigenvalue weighted by Crippen LogP contribution is -2.60. The van der Waals surface area contributed by atoms with Crippen LogP contribution in [0.15, 0.2) is 11.6 Å². The molecule has 0 atom stereocenters. The molecule has 0 aromatic rings. The predicted octanol–water partition coefficient (Wildman–Crippen LogP) is 3.96. The Hall–Kier alpha value is -1.42. The smallest absolute Gasteiger partial charge is 0.460 e. The molecule has 2 nitrogen and oxygen atoms in total. The van der Waals surface area contributed by atoms with Crippen molar-refractivity contribution in [3.63, 3.8) is 0 Å². The Bertz CT molecular complexity index is 423. The molecule has 0 aromatic heterocycles. The Kier molecular flexibility index (Phi) is 5.37. The zero-order valence-corrected chi connectivity index (χ0v) is 10.5. The third kappa shape index (κ3) is 3.62. The molecule has 0 spiro atoms. The van der Waals surface area contributed by atoms with Gasteiger partial charge in [0.2, 0.25) is 0 Å². The Labute approximate surface area is 112 Å². The molecule has 11 heteroatoms. The Balaban J connectivity index is 5.69. The number of carbonyl (C=O) groups excluding carboxylic acids is 1. The molecule has 0 aliphatic carbocycles. The van der Waals surface area contributed by atoms with E-state index in [0.717, 1.165) is 0 Å². The SMILES string of the molecule is CCOC(=O)C(C)=CC(F)(F)C(F)(F)C(F)(F)C(F)(F)F. The highest BCUT2D eigenvalue weighted by Gasteiger charge is 2.81. The van der Waals surface area contributed by atoms with Gasteiger partial charge in [-0.25, -0.2) is 4.79 Å².